The van der Waals surface area contributed by atoms with E-state index in [1.807, 2.05) is 25.5 Å². The van der Waals surface area contributed by atoms with Gasteiger partial charge in [0.15, 0.2) is 0 Å². The Kier molecular flexibility index (Phi) is 3.44. The maximum atomic E-state index is 11.7. The van der Waals surface area contributed by atoms with Gasteiger partial charge >= 0.3 is 0 Å². The predicted molar refractivity (Wildman–Crippen MR) is 102 cm³/mol. The molecule has 0 spiro atoms. The molecule has 6 rings (SSSR count). The number of nitrogens with zero attached hydrogens (tertiary/aromatic N) is 5. The zero-order valence-corrected chi connectivity index (χ0v) is 15.8. The monoisotopic (exact) mass is 378 g/mol. The molecule has 8 nitrogen and oxygen atoms in total. The Morgan fingerprint density at radius 1 is 1.29 bits per heavy atom. The summed E-state index contributed by atoms with van der Waals surface area (Å²) in [5.41, 5.74) is 7.95. The highest BCUT2D eigenvalue weighted by Gasteiger charge is 2.61. The Labute approximate surface area is 162 Å². The minimum Gasteiger partial charge on any atom is -0.469 e. The molecule has 3 aliphatic carbocycles. The molecule has 0 radical (unpaired) electrons. The molecule has 0 aromatic carbocycles. The van der Waals surface area contributed by atoms with Gasteiger partial charge in [-0.15, -0.1) is 0 Å². The number of aryl methyl sites for hydroxylation is 1. The van der Waals surface area contributed by atoms with Gasteiger partial charge in [0.25, 0.3) is 0 Å². The highest BCUT2D eigenvalue weighted by molar-refractivity contribution is 5.93. The summed E-state index contributed by atoms with van der Waals surface area (Å²) < 4.78 is 10.0. The first-order chi connectivity index (χ1) is 13.4. The predicted octanol–water partition coefficient (Wildman–Crippen LogP) is 2.25. The van der Waals surface area contributed by atoms with E-state index in [0.29, 0.717) is 11.5 Å². The number of amides is 1. The van der Waals surface area contributed by atoms with Gasteiger partial charge in [0, 0.05) is 29.8 Å². The van der Waals surface area contributed by atoms with E-state index in [1.165, 1.54) is 0 Å². The first-order valence-electron chi connectivity index (χ1n) is 9.41. The average Bonchev–Trinajstić information content (AvgIpc) is 3.29. The van der Waals surface area contributed by atoms with Crippen LogP contribution in [0.1, 0.15) is 32.1 Å². The lowest BCUT2D eigenvalue weighted by molar-refractivity contribution is -0.139. The number of carbonyl (C=O) groups is 1. The summed E-state index contributed by atoms with van der Waals surface area (Å²) in [5, 5.41) is 8.59. The summed E-state index contributed by atoms with van der Waals surface area (Å²) in [6, 6.07) is 1.89. The quantitative estimate of drug-likeness (QED) is 0.686. The van der Waals surface area contributed by atoms with Crippen molar-refractivity contribution in [3.05, 3.63) is 43.0 Å². The van der Waals surface area contributed by atoms with Crippen LogP contribution in [0.25, 0.3) is 16.8 Å². The Bertz CT molecular complexity index is 1110. The molecule has 28 heavy (non-hydrogen) atoms. The summed E-state index contributed by atoms with van der Waals surface area (Å²) in [7, 11) is 1.87. The number of primary amides is 1. The third-order valence-electron chi connectivity index (χ3n) is 6.22. The van der Waals surface area contributed by atoms with Crippen LogP contribution in [0.15, 0.2) is 43.0 Å². The molecule has 0 atom stereocenters. The highest BCUT2D eigenvalue weighted by Crippen LogP contribution is 2.62. The highest BCUT2D eigenvalue weighted by atomic mass is 16.5. The number of carbonyl (C=O) groups excluding carboxylic acids is 1. The molecule has 3 aromatic rings. The van der Waals surface area contributed by atoms with E-state index in [4.69, 9.17) is 15.5 Å². The van der Waals surface area contributed by atoms with Crippen LogP contribution in [0.5, 0.6) is 5.88 Å². The van der Waals surface area contributed by atoms with Gasteiger partial charge in [-0.3, -0.25) is 9.48 Å². The van der Waals surface area contributed by atoms with E-state index in [9.17, 15) is 4.79 Å². The van der Waals surface area contributed by atoms with Gasteiger partial charge in [-0.1, -0.05) is 6.58 Å². The van der Waals surface area contributed by atoms with Gasteiger partial charge in [-0.05, 0) is 38.2 Å². The first-order valence-corrected chi connectivity index (χ1v) is 9.41. The van der Waals surface area contributed by atoms with Gasteiger partial charge in [0.1, 0.15) is 11.1 Å². The molecule has 3 aromatic heterocycles. The minimum atomic E-state index is -0.412. The Morgan fingerprint density at radius 3 is 2.82 bits per heavy atom. The summed E-state index contributed by atoms with van der Waals surface area (Å²) >= 11 is 0. The summed E-state index contributed by atoms with van der Waals surface area (Å²) in [4.78, 5) is 16.5. The SMILES string of the molecule is C=C(C(N)=O)C12CCCC(Oc3nc(-c4cnn(C)c4)cn4nccc34)(C1)C2. The van der Waals surface area contributed by atoms with Crippen molar-refractivity contribution in [3.8, 4) is 17.1 Å². The summed E-state index contributed by atoms with van der Waals surface area (Å²) in [6.45, 7) is 3.95. The molecule has 0 unspecified atom stereocenters. The lowest BCUT2D eigenvalue weighted by Gasteiger charge is -2.60. The molecule has 3 aliphatic rings. The molecule has 2 N–H and O–H groups in total. The fourth-order valence-corrected chi connectivity index (χ4v) is 4.90. The largest absolute Gasteiger partial charge is 0.469 e. The fourth-order valence-electron chi connectivity index (χ4n) is 4.90. The molecule has 0 aliphatic heterocycles. The van der Waals surface area contributed by atoms with Crippen LogP contribution in [-0.4, -0.2) is 35.9 Å². The van der Waals surface area contributed by atoms with E-state index in [1.54, 1.807) is 21.6 Å². The van der Waals surface area contributed by atoms with Gasteiger partial charge in [0.2, 0.25) is 11.8 Å². The number of aromatic nitrogens is 5. The van der Waals surface area contributed by atoms with Crippen molar-refractivity contribution in [2.75, 3.05) is 0 Å². The second kappa shape index (κ2) is 5.67. The lowest BCUT2D eigenvalue weighted by atomic mass is 9.49. The Hall–Kier alpha value is -3.16. The van der Waals surface area contributed by atoms with Crippen molar-refractivity contribution in [1.29, 1.82) is 0 Å². The number of hydrogen-bond acceptors (Lipinski definition) is 5. The minimum absolute atomic E-state index is 0.221. The van der Waals surface area contributed by atoms with Crippen LogP contribution in [0, 0.1) is 5.41 Å². The average molecular weight is 378 g/mol. The van der Waals surface area contributed by atoms with Crippen molar-refractivity contribution >= 4 is 11.4 Å². The van der Waals surface area contributed by atoms with Crippen LogP contribution in [0.2, 0.25) is 0 Å². The van der Waals surface area contributed by atoms with Gasteiger partial charge < -0.3 is 10.5 Å². The molecule has 8 heteroatoms. The Morgan fingerprint density at radius 2 is 2.11 bits per heavy atom. The zero-order chi connectivity index (χ0) is 19.5. The summed E-state index contributed by atoms with van der Waals surface area (Å²) in [6.07, 6.45) is 11.6. The van der Waals surface area contributed by atoms with Gasteiger partial charge in [-0.25, -0.2) is 9.50 Å². The molecule has 3 fully saturated rings. The zero-order valence-electron chi connectivity index (χ0n) is 15.8. The number of fused-ring (bicyclic) bond motifs is 3. The molecule has 3 heterocycles. The second-order valence-corrected chi connectivity index (χ2v) is 8.11. The van der Waals surface area contributed by atoms with Crippen molar-refractivity contribution < 1.29 is 9.53 Å². The van der Waals surface area contributed by atoms with E-state index in [0.717, 1.165) is 48.9 Å². The molecular weight excluding hydrogens is 356 g/mol. The van der Waals surface area contributed by atoms with Crippen molar-refractivity contribution in [3.63, 3.8) is 0 Å². The number of rotatable bonds is 5. The van der Waals surface area contributed by atoms with Crippen molar-refractivity contribution in [2.45, 2.75) is 37.7 Å². The molecule has 144 valence electrons. The van der Waals surface area contributed by atoms with E-state index < -0.39 is 5.91 Å². The third kappa shape index (κ3) is 2.44. The number of hydrogen-bond donors (Lipinski definition) is 1. The summed E-state index contributed by atoms with van der Waals surface area (Å²) in [5.74, 6) is 0.143. The first kappa shape index (κ1) is 17.0. The molecule has 0 saturated heterocycles. The van der Waals surface area contributed by atoms with Crippen molar-refractivity contribution in [2.24, 2.45) is 18.2 Å². The second-order valence-electron chi connectivity index (χ2n) is 8.11. The maximum absolute atomic E-state index is 11.7. The van der Waals surface area contributed by atoms with Crippen LogP contribution in [0.4, 0.5) is 0 Å². The number of nitrogens with two attached hydrogens (primary N) is 1. The van der Waals surface area contributed by atoms with E-state index >= 15 is 0 Å². The van der Waals surface area contributed by atoms with Crippen molar-refractivity contribution in [1.82, 2.24) is 24.4 Å². The van der Waals surface area contributed by atoms with Crippen LogP contribution in [0.3, 0.4) is 0 Å². The van der Waals surface area contributed by atoms with Crippen LogP contribution >= 0.6 is 0 Å². The smallest absolute Gasteiger partial charge is 0.244 e. The molecule has 2 bridgehead atoms. The molecular formula is C20H22N6O2. The van der Waals surface area contributed by atoms with Gasteiger partial charge in [-0.2, -0.15) is 10.2 Å². The molecule has 1 amide bonds. The van der Waals surface area contributed by atoms with Crippen LogP contribution in [-0.2, 0) is 11.8 Å². The van der Waals surface area contributed by atoms with E-state index in [2.05, 4.69) is 16.8 Å². The maximum Gasteiger partial charge on any atom is 0.244 e. The molecule has 3 saturated carbocycles. The number of ether oxygens (including phenoxy) is 1. The Balaban J connectivity index is 1.50. The third-order valence-corrected chi connectivity index (χ3v) is 6.22. The topological polar surface area (TPSA) is 100 Å². The van der Waals surface area contributed by atoms with E-state index in [-0.39, 0.29) is 11.0 Å². The van der Waals surface area contributed by atoms with Crippen LogP contribution < -0.4 is 10.5 Å². The fraction of sp³-hybridized carbons (Fsp3) is 0.400. The normalized spacial score (nSPS) is 26.0. The standard InChI is InChI=1S/C20H22N6O2/c1-13(17(21)27)19-5-3-6-20(11-19,12-19)28-18-16-4-7-22-26(16)10-15(24-18)14-8-23-25(2)9-14/h4,7-10H,1,3,5-6,11-12H2,2H3,(H2,21,27). The lowest BCUT2D eigenvalue weighted by Crippen LogP contribution is -2.60. The van der Waals surface area contributed by atoms with Gasteiger partial charge in [0.05, 0.1) is 24.3 Å².